The van der Waals surface area contributed by atoms with Crippen LogP contribution in [0.2, 0.25) is 0 Å². The Bertz CT molecular complexity index is 1690. The second-order valence-corrected chi connectivity index (χ2v) is 11.7. The molecule has 3 amide bonds. The number of methoxy groups -OCH3 is 1. The second kappa shape index (κ2) is 16.3. The molecule has 9 nitrogen and oxygen atoms in total. The number of ketones is 1. The Balaban J connectivity index is 2.05. The number of ether oxygens (including phenoxy) is 1. The number of hydrogen-bond acceptors (Lipinski definition) is 6. The summed E-state index contributed by atoms with van der Waals surface area (Å²) in [6, 6.07) is 7.59. The summed E-state index contributed by atoms with van der Waals surface area (Å²) >= 11 is 0. The van der Waals surface area contributed by atoms with Gasteiger partial charge in [0.05, 0.1) is 18.7 Å². The lowest BCUT2D eigenvalue weighted by molar-refractivity contribution is -0.175. The van der Waals surface area contributed by atoms with E-state index in [9.17, 15) is 45.5 Å². The number of carbonyl (C=O) groups is 4. The minimum atomic E-state index is -5.34. The van der Waals surface area contributed by atoms with Crippen molar-refractivity contribution >= 4 is 23.5 Å². The number of nitrogens with one attached hydrogen (secondary N) is 3. The molecule has 0 aliphatic carbocycles. The predicted octanol–water partition coefficient (Wildman–Crippen LogP) is 5.12. The van der Waals surface area contributed by atoms with Crippen molar-refractivity contribution in [2.45, 2.75) is 63.2 Å². The van der Waals surface area contributed by atoms with Gasteiger partial charge >= 0.3 is 18.3 Å². The van der Waals surface area contributed by atoms with E-state index in [1.807, 2.05) is 5.32 Å². The fourth-order valence-electron chi connectivity index (χ4n) is 4.92. The summed E-state index contributed by atoms with van der Waals surface area (Å²) in [5, 5.41) is 5.98. The van der Waals surface area contributed by atoms with E-state index in [2.05, 4.69) is 5.32 Å². The number of halogens is 8. The molecule has 0 bridgehead atoms. The first kappa shape index (κ1) is 40.4. The lowest BCUT2D eigenvalue weighted by Gasteiger charge is -2.28. The average Bonchev–Trinajstić information content (AvgIpc) is 3.08. The number of alkyl halides is 8. The minimum Gasteiger partial charge on any atom is -0.497 e. The molecule has 0 fully saturated rings. The van der Waals surface area contributed by atoms with Gasteiger partial charge in [-0.1, -0.05) is 68.4 Å². The average molecular weight is 731 g/mol. The maximum atomic E-state index is 15.5. The molecule has 5 N–H and O–H groups in total. The van der Waals surface area contributed by atoms with Gasteiger partial charge < -0.3 is 26.4 Å². The zero-order valence-electron chi connectivity index (χ0n) is 27.3. The van der Waals surface area contributed by atoms with Crippen LogP contribution in [0.4, 0.5) is 35.1 Å². The second-order valence-electron chi connectivity index (χ2n) is 11.7. The Morgan fingerprint density at radius 2 is 1.27 bits per heavy atom. The number of nitrogens with two attached hydrogens (primary N) is 1. The maximum Gasteiger partial charge on any atom is 0.452 e. The number of carbonyl (C=O) groups excluding carboxylic acids is 4. The summed E-state index contributed by atoms with van der Waals surface area (Å²) in [4.78, 5) is 52.5. The van der Waals surface area contributed by atoms with E-state index < -0.39 is 83.4 Å². The molecule has 0 unspecified atom stereocenters. The summed E-state index contributed by atoms with van der Waals surface area (Å²) in [5.74, 6) is -12.9. The van der Waals surface area contributed by atoms with Crippen LogP contribution in [-0.4, -0.2) is 48.9 Å². The molecule has 51 heavy (non-hydrogen) atoms. The highest BCUT2D eigenvalue weighted by Crippen LogP contribution is 2.39. The monoisotopic (exact) mass is 730 g/mol. The van der Waals surface area contributed by atoms with Crippen molar-refractivity contribution < 1.29 is 59.0 Å². The summed E-state index contributed by atoms with van der Waals surface area (Å²) in [5.41, 5.74) is 2.93. The van der Waals surface area contributed by atoms with Gasteiger partial charge in [-0.25, -0.2) is 0 Å². The smallest absolute Gasteiger partial charge is 0.452 e. The number of benzene rings is 3. The van der Waals surface area contributed by atoms with E-state index in [4.69, 9.17) is 10.5 Å². The van der Waals surface area contributed by atoms with Crippen LogP contribution < -0.4 is 26.4 Å². The number of Topliss-reactive ketones (excluding diaryl/α,β-unsaturated/α-hetero) is 1. The van der Waals surface area contributed by atoms with Gasteiger partial charge in [0.2, 0.25) is 11.8 Å². The Hall–Kier alpha value is -5.06. The molecule has 0 spiro atoms. The van der Waals surface area contributed by atoms with Crippen LogP contribution in [0.25, 0.3) is 0 Å². The van der Waals surface area contributed by atoms with Crippen LogP contribution in [0, 0.1) is 5.92 Å². The third kappa shape index (κ3) is 10.2. The van der Waals surface area contributed by atoms with E-state index in [0.29, 0.717) is 17.7 Å². The van der Waals surface area contributed by atoms with Gasteiger partial charge in [-0.2, -0.15) is 35.1 Å². The molecule has 0 heterocycles. The SMILES string of the molecule is COc1ccc([C@H](NC(=O)[C@H](Cc2ccc(CN)cc2)NC(=O)C(F)(F)c2ccccc2C(F)(F)F)C(=O)N[C@H](C(=O)C(F)(F)F)C(C)C)cc1. The van der Waals surface area contributed by atoms with Crippen LogP contribution in [0.3, 0.4) is 0 Å². The Labute approximate surface area is 286 Å². The standard InChI is InChI=1S/C34H34F8N4O5/c1-18(2)26(28(47)34(40,41)42)45-30(49)27(21-12-14-22(51-3)15-13-21)46-29(48)25(16-19-8-10-20(17-43)11-9-19)44-31(50)32(35,36)23-6-4-5-7-24(23)33(37,38)39/h4-15,18,25-27H,16-17,43H2,1-3H3,(H,44,50)(H,45,49)(H,46,48)/t25-,26-,27-/m0/s1. The van der Waals surface area contributed by atoms with Crippen molar-refractivity contribution in [1.82, 2.24) is 16.0 Å². The fourth-order valence-corrected chi connectivity index (χ4v) is 4.92. The molecule has 3 aromatic carbocycles. The summed E-state index contributed by atoms with van der Waals surface area (Å²) < 4.78 is 117. The molecule has 17 heteroatoms. The highest BCUT2D eigenvalue weighted by atomic mass is 19.4. The quantitative estimate of drug-likeness (QED) is 0.170. The largest absolute Gasteiger partial charge is 0.497 e. The third-order valence-corrected chi connectivity index (χ3v) is 7.70. The highest BCUT2D eigenvalue weighted by molar-refractivity contribution is 5.97. The molecular formula is C34H34F8N4O5. The fraction of sp³-hybridized carbons (Fsp3) is 0.353. The van der Waals surface area contributed by atoms with E-state index in [0.717, 1.165) is 12.1 Å². The number of hydrogen-bond donors (Lipinski definition) is 4. The normalized spacial score (nSPS) is 13.9. The van der Waals surface area contributed by atoms with Crippen LogP contribution >= 0.6 is 0 Å². The van der Waals surface area contributed by atoms with Gasteiger partial charge in [-0.15, -0.1) is 0 Å². The highest BCUT2D eigenvalue weighted by Gasteiger charge is 2.49. The van der Waals surface area contributed by atoms with Crippen LogP contribution in [-0.2, 0) is 44.2 Å². The summed E-state index contributed by atoms with van der Waals surface area (Å²) in [7, 11) is 1.31. The van der Waals surface area contributed by atoms with Crippen molar-refractivity contribution in [2.75, 3.05) is 7.11 Å². The zero-order chi connectivity index (χ0) is 38.3. The lowest BCUT2D eigenvalue weighted by atomic mass is 9.97. The van der Waals surface area contributed by atoms with Gasteiger partial charge in [-0.3, -0.25) is 19.2 Å². The first-order chi connectivity index (χ1) is 23.7. The third-order valence-electron chi connectivity index (χ3n) is 7.70. The van der Waals surface area contributed by atoms with E-state index in [1.54, 1.807) is 5.32 Å². The van der Waals surface area contributed by atoms with E-state index in [1.165, 1.54) is 69.5 Å². The van der Waals surface area contributed by atoms with Crippen LogP contribution in [0.15, 0.2) is 72.8 Å². The predicted molar refractivity (Wildman–Crippen MR) is 167 cm³/mol. The van der Waals surface area contributed by atoms with Crippen LogP contribution in [0.5, 0.6) is 5.75 Å². The van der Waals surface area contributed by atoms with Crippen molar-refractivity contribution in [2.24, 2.45) is 11.7 Å². The molecule has 0 saturated carbocycles. The lowest BCUT2D eigenvalue weighted by Crippen LogP contribution is -2.56. The number of amides is 3. The van der Waals surface area contributed by atoms with Crippen LogP contribution in [0.1, 0.15) is 47.7 Å². The molecule has 3 atom stereocenters. The molecule has 0 aromatic heterocycles. The molecule has 3 rings (SSSR count). The zero-order valence-corrected chi connectivity index (χ0v) is 27.3. The first-order valence-corrected chi connectivity index (χ1v) is 15.2. The molecule has 0 saturated heterocycles. The first-order valence-electron chi connectivity index (χ1n) is 15.2. The molecule has 0 aliphatic rings. The van der Waals surface area contributed by atoms with Gasteiger partial charge in [0.15, 0.2) is 0 Å². The van der Waals surface area contributed by atoms with Gasteiger partial charge in [0.1, 0.15) is 17.8 Å². The molecule has 0 aliphatic heterocycles. The molecule has 276 valence electrons. The minimum absolute atomic E-state index is 0.0644. The van der Waals surface area contributed by atoms with Crippen molar-refractivity contribution in [3.05, 3.63) is 101 Å². The van der Waals surface area contributed by atoms with Gasteiger partial charge in [-0.05, 0) is 40.8 Å². The topological polar surface area (TPSA) is 140 Å². The molecular weight excluding hydrogens is 696 g/mol. The Morgan fingerprint density at radius 3 is 1.76 bits per heavy atom. The number of rotatable bonds is 14. The Morgan fingerprint density at radius 1 is 0.725 bits per heavy atom. The summed E-state index contributed by atoms with van der Waals surface area (Å²) in [6.07, 6.45) is -11.2. The van der Waals surface area contributed by atoms with E-state index in [-0.39, 0.29) is 23.4 Å². The van der Waals surface area contributed by atoms with Crippen molar-refractivity contribution in [3.8, 4) is 5.75 Å². The summed E-state index contributed by atoms with van der Waals surface area (Å²) in [6.45, 7) is 2.57. The van der Waals surface area contributed by atoms with Crippen molar-refractivity contribution in [1.29, 1.82) is 0 Å². The van der Waals surface area contributed by atoms with Gasteiger partial charge in [0, 0.05) is 18.5 Å². The van der Waals surface area contributed by atoms with E-state index >= 15 is 8.78 Å². The molecule has 3 aromatic rings. The Kier molecular flexibility index (Phi) is 12.9. The van der Waals surface area contributed by atoms with Crippen molar-refractivity contribution in [3.63, 3.8) is 0 Å². The molecule has 0 radical (unpaired) electrons. The maximum absolute atomic E-state index is 15.5. The van der Waals surface area contributed by atoms with Gasteiger partial charge in [0.25, 0.3) is 11.7 Å².